The van der Waals surface area contributed by atoms with Crippen molar-refractivity contribution in [1.82, 2.24) is 15.3 Å². The second kappa shape index (κ2) is 8.39. The van der Waals surface area contributed by atoms with E-state index in [1.807, 2.05) is 6.07 Å². The molecule has 2 heterocycles. The summed E-state index contributed by atoms with van der Waals surface area (Å²) in [6.07, 6.45) is 3.61. The molecule has 8 heteroatoms. The summed E-state index contributed by atoms with van der Waals surface area (Å²) < 4.78 is 0. The third-order valence-corrected chi connectivity index (χ3v) is 6.65. The summed E-state index contributed by atoms with van der Waals surface area (Å²) in [7, 11) is 0. The zero-order valence-electron chi connectivity index (χ0n) is 16.8. The fourth-order valence-corrected chi connectivity index (χ4v) is 5.27. The highest BCUT2D eigenvalue weighted by Crippen LogP contribution is 2.35. The molecule has 0 aliphatic heterocycles. The molecule has 0 saturated carbocycles. The Hall–Kier alpha value is -3.00. The SMILES string of the molecule is CC1CCc2c(sc3nc(CCC(=O)NCc4cccc(C(N)=O)c4)[nH]c(=O)c23)C1. The standard InChI is InChI=1S/C22H24N4O3S/c1-12-5-6-15-16(9-12)30-22-19(15)21(29)25-17(26-22)7-8-18(27)24-11-13-3-2-4-14(10-13)20(23)28/h2-4,10,12H,5-9,11H2,1H3,(H2,23,28)(H,24,27)(H,25,26,29). The number of H-pyrrole nitrogens is 1. The molecule has 1 aromatic carbocycles. The molecule has 2 aromatic heterocycles. The normalized spacial score (nSPS) is 15.7. The van der Waals surface area contributed by atoms with Crippen LogP contribution in [0.25, 0.3) is 10.2 Å². The van der Waals surface area contributed by atoms with Gasteiger partial charge in [0, 0.05) is 29.8 Å². The van der Waals surface area contributed by atoms with E-state index in [0.717, 1.165) is 40.6 Å². The third kappa shape index (κ3) is 4.28. The number of aromatic nitrogens is 2. The number of rotatable bonds is 6. The van der Waals surface area contributed by atoms with Gasteiger partial charge >= 0.3 is 0 Å². The van der Waals surface area contributed by atoms with Gasteiger partial charge in [0.25, 0.3) is 5.56 Å². The van der Waals surface area contributed by atoms with Crippen LogP contribution in [0.4, 0.5) is 0 Å². The number of amides is 2. The zero-order valence-corrected chi connectivity index (χ0v) is 17.6. The molecular weight excluding hydrogens is 400 g/mol. The minimum atomic E-state index is -0.502. The molecule has 1 atom stereocenters. The van der Waals surface area contributed by atoms with Gasteiger partial charge in [0.1, 0.15) is 10.7 Å². The fourth-order valence-electron chi connectivity index (χ4n) is 3.87. The summed E-state index contributed by atoms with van der Waals surface area (Å²) in [4.78, 5) is 45.6. The first-order valence-corrected chi connectivity index (χ1v) is 10.9. The van der Waals surface area contributed by atoms with Gasteiger partial charge in [-0.3, -0.25) is 14.4 Å². The van der Waals surface area contributed by atoms with E-state index < -0.39 is 5.91 Å². The minimum Gasteiger partial charge on any atom is -0.366 e. The highest BCUT2D eigenvalue weighted by molar-refractivity contribution is 7.18. The number of nitrogens with one attached hydrogen (secondary N) is 2. The first kappa shape index (κ1) is 20.3. The van der Waals surface area contributed by atoms with Gasteiger partial charge in [-0.15, -0.1) is 11.3 Å². The topological polar surface area (TPSA) is 118 Å². The largest absolute Gasteiger partial charge is 0.366 e. The van der Waals surface area contributed by atoms with Gasteiger partial charge in [0.05, 0.1) is 5.39 Å². The van der Waals surface area contributed by atoms with Crippen LogP contribution in [0.5, 0.6) is 0 Å². The van der Waals surface area contributed by atoms with E-state index in [-0.39, 0.29) is 17.9 Å². The number of nitrogens with zero attached hydrogens (tertiary/aromatic N) is 1. The van der Waals surface area contributed by atoms with E-state index in [4.69, 9.17) is 5.73 Å². The minimum absolute atomic E-state index is 0.106. The van der Waals surface area contributed by atoms with Crippen LogP contribution >= 0.6 is 11.3 Å². The van der Waals surface area contributed by atoms with Gasteiger partial charge in [-0.1, -0.05) is 19.1 Å². The second-order valence-electron chi connectivity index (χ2n) is 7.89. The highest BCUT2D eigenvalue weighted by atomic mass is 32.1. The van der Waals surface area contributed by atoms with Gasteiger partial charge in [0.15, 0.2) is 0 Å². The first-order valence-electron chi connectivity index (χ1n) is 10.1. The maximum atomic E-state index is 12.6. The number of thiophene rings is 1. The van der Waals surface area contributed by atoms with Crippen molar-refractivity contribution in [2.45, 2.75) is 45.6 Å². The molecule has 0 bridgehead atoms. The van der Waals surface area contributed by atoms with E-state index >= 15 is 0 Å². The molecule has 0 spiro atoms. The summed E-state index contributed by atoms with van der Waals surface area (Å²) in [5.74, 6) is 0.515. The summed E-state index contributed by atoms with van der Waals surface area (Å²) >= 11 is 1.61. The molecule has 1 aliphatic carbocycles. The van der Waals surface area contributed by atoms with Gasteiger partial charge < -0.3 is 16.0 Å². The Morgan fingerprint density at radius 1 is 1.37 bits per heavy atom. The molecule has 30 heavy (non-hydrogen) atoms. The Morgan fingerprint density at radius 3 is 3.00 bits per heavy atom. The van der Waals surface area contributed by atoms with E-state index in [0.29, 0.717) is 30.3 Å². The number of carbonyl (C=O) groups excluding carboxylic acids is 2. The number of hydrogen-bond donors (Lipinski definition) is 3. The molecular formula is C22H24N4O3S. The molecule has 0 saturated heterocycles. The molecule has 4 N–H and O–H groups in total. The Morgan fingerprint density at radius 2 is 2.20 bits per heavy atom. The van der Waals surface area contributed by atoms with E-state index in [9.17, 15) is 14.4 Å². The predicted molar refractivity (Wildman–Crippen MR) is 117 cm³/mol. The Labute approximate surface area is 177 Å². The summed E-state index contributed by atoms with van der Waals surface area (Å²) in [6, 6.07) is 6.84. The Balaban J connectivity index is 1.40. The molecule has 1 unspecified atom stereocenters. The first-order chi connectivity index (χ1) is 14.4. The highest BCUT2D eigenvalue weighted by Gasteiger charge is 2.23. The number of aryl methyl sites for hydroxylation is 2. The van der Waals surface area contributed by atoms with Gasteiger partial charge in [0.2, 0.25) is 11.8 Å². The molecule has 156 valence electrons. The average molecular weight is 425 g/mol. The molecule has 0 fully saturated rings. The molecule has 2 amide bonds. The lowest BCUT2D eigenvalue weighted by molar-refractivity contribution is -0.121. The maximum Gasteiger partial charge on any atom is 0.259 e. The monoisotopic (exact) mass is 424 g/mol. The van der Waals surface area contributed by atoms with Crippen LogP contribution in [0.1, 0.15) is 52.0 Å². The third-order valence-electron chi connectivity index (χ3n) is 5.50. The lowest BCUT2D eigenvalue weighted by atomic mass is 9.89. The van der Waals surface area contributed by atoms with Crippen LogP contribution in [0.3, 0.4) is 0 Å². The van der Waals surface area contributed by atoms with Crippen molar-refractivity contribution < 1.29 is 9.59 Å². The molecule has 4 rings (SSSR count). The van der Waals surface area contributed by atoms with Crippen LogP contribution in [-0.2, 0) is 30.6 Å². The van der Waals surface area contributed by atoms with Crippen molar-refractivity contribution in [2.24, 2.45) is 11.7 Å². The number of carbonyl (C=O) groups is 2. The number of hydrogen-bond acceptors (Lipinski definition) is 5. The summed E-state index contributed by atoms with van der Waals surface area (Å²) in [5.41, 5.74) is 7.54. The van der Waals surface area contributed by atoms with E-state index in [1.54, 1.807) is 29.5 Å². The van der Waals surface area contributed by atoms with Gasteiger partial charge in [-0.2, -0.15) is 0 Å². The van der Waals surface area contributed by atoms with E-state index in [1.165, 1.54) is 4.88 Å². The van der Waals surface area contributed by atoms with Crippen molar-refractivity contribution in [3.8, 4) is 0 Å². The van der Waals surface area contributed by atoms with Crippen LogP contribution in [0, 0.1) is 5.92 Å². The molecule has 3 aromatic rings. The maximum absolute atomic E-state index is 12.6. The van der Waals surface area contributed by atoms with Crippen molar-refractivity contribution in [2.75, 3.05) is 0 Å². The van der Waals surface area contributed by atoms with Crippen molar-refractivity contribution in [3.05, 3.63) is 62.0 Å². The zero-order chi connectivity index (χ0) is 21.3. The number of aromatic amines is 1. The summed E-state index contributed by atoms with van der Waals surface area (Å²) in [6.45, 7) is 2.54. The van der Waals surface area contributed by atoms with Crippen molar-refractivity contribution >= 4 is 33.4 Å². The molecule has 7 nitrogen and oxygen atoms in total. The van der Waals surface area contributed by atoms with Gasteiger partial charge in [-0.05, 0) is 48.4 Å². The second-order valence-corrected chi connectivity index (χ2v) is 8.97. The average Bonchev–Trinajstić information content (AvgIpc) is 3.08. The summed E-state index contributed by atoms with van der Waals surface area (Å²) in [5, 5.41) is 3.55. The van der Waals surface area contributed by atoms with Crippen molar-refractivity contribution in [3.63, 3.8) is 0 Å². The predicted octanol–water partition coefficient (Wildman–Crippen LogP) is 2.46. The molecule has 1 aliphatic rings. The Kier molecular flexibility index (Phi) is 5.67. The van der Waals surface area contributed by atoms with Crippen molar-refractivity contribution in [1.29, 1.82) is 0 Å². The van der Waals surface area contributed by atoms with E-state index in [2.05, 4.69) is 22.2 Å². The van der Waals surface area contributed by atoms with Crippen LogP contribution in [0.2, 0.25) is 0 Å². The lowest BCUT2D eigenvalue weighted by Crippen LogP contribution is -2.24. The quantitative estimate of drug-likeness (QED) is 0.563. The number of fused-ring (bicyclic) bond motifs is 3. The number of benzene rings is 1. The molecule has 0 radical (unpaired) electrons. The van der Waals surface area contributed by atoms with Crippen LogP contribution in [-0.4, -0.2) is 21.8 Å². The van der Waals surface area contributed by atoms with Crippen LogP contribution in [0.15, 0.2) is 29.1 Å². The smallest absolute Gasteiger partial charge is 0.259 e. The van der Waals surface area contributed by atoms with Crippen LogP contribution < -0.4 is 16.6 Å². The number of primary amides is 1. The Bertz CT molecular complexity index is 1180. The fraction of sp³-hybridized carbons (Fsp3) is 0.364. The lowest BCUT2D eigenvalue weighted by Gasteiger charge is -2.17. The number of nitrogens with two attached hydrogens (primary N) is 1. The van der Waals surface area contributed by atoms with Gasteiger partial charge in [-0.25, -0.2) is 4.98 Å².